The molecule has 26 heavy (non-hydrogen) atoms. The maximum Gasteiger partial charge on any atom is 0.263 e. The summed E-state index contributed by atoms with van der Waals surface area (Å²) in [6.45, 7) is 3.49. The number of aryl methyl sites for hydroxylation is 1. The molecule has 9 nitrogen and oxygen atoms in total. The van der Waals surface area contributed by atoms with E-state index in [1.54, 1.807) is 26.0 Å². The number of hydrogen-bond acceptors (Lipinski definition) is 6. The van der Waals surface area contributed by atoms with Crippen LogP contribution in [0.25, 0.3) is 11.5 Å². The van der Waals surface area contributed by atoms with Gasteiger partial charge in [-0.25, -0.2) is 22.0 Å². The lowest BCUT2D eigenvalue weighted by molar-refractivity contribution is 0.546. The van der Waals surface area contributed by atoms with Crippen LogP contribution in [-0.2, 0) is 20.0 Å². The molecule has 0 radical (unpaired) electrons. The molecule has 0 fully saturated rings. The van der Waals surface area contributed by atoms with Gasteiger partial charge in [-0.05, 0) is 50.2 Å². The van der Waals surface area contributed by atoms with Crippen molar-refractivity contribution in [2.24, 2.45) is 5.14 Å². The molecule has 0 aliphatic rings. The van der Waals surface area contributed by atoms with Gasteiger partial charge in [0.05, 0.1) is 9.79 Å². The molecule has 0 atom stereocenters. The molecule has 2 aromatic heterocycles. The van der Waals surface area contributed by atoms with Crippen molar-refractivity contribution in [2.45, 2.75) is 23.6 Å². The molecule has 2 heterocycles. The minimum atomic E-state index is -3.96. The molecule has 4 N–H and O–H groups in total. The molecule has 3 rings (SSSR count). The first kappa shape index (κ1) is 18.2. The smallest absolute Gasteiger partial charge is 0.263 e. The zero-order valence-electron chi connectivity index (χ0n) is 13.8. The van der Waals surface area contributed by atoms with Gasteiger partial charge < -0.3 is 4.42 Å². The number of primary sulfonamides is 1. The minimum absolute atomic E-state index is 0.115. The normalized spacial score (nSPS) is 12.3. The van der Waals surface area contributed by atoms with Gasteiger partial charge in [-0.1, -0.05) is 0 Å². The molecule has 0 aliphatic carbocycles. The van der Waals surface area contributed by atoms with Crippen molar-refractivity contribution in [3.8, 4) is 11.5 Å². The lowest BCUT2D eigenvalue weighted by Crippen LogP contribution is -2.15. The van der Waals surface area contributed by atoms with Crippen LogP contribution >= 0.6 is 0 Å². The fourth-order valence-corrected chi connectivity index (χ4v) is 3.88. The van der Waals surface area contributed by atoms with Gasteiger partial charge in [-0.3, -0.25) is 9.82 Å². The zero-order valence-corrected chi connectivity index (χ0v) is 15.5. The standard InChI is InChI=1S/C15H16N4O5S2/c1-9-3-8-13(24-9)14-10(2)15(18-17-14)19-26(22,23)12-6-4-11(5-7-12)25(16,20)21/h3-8H,1-2H3,(H2,16,20,21)(H2,17,18,19). The van der Waals surface area contributed by atoms with E-state index < -0.39 is 20.0 Å². The Hall–Kier alpha value is -2.63. The topological polar surface area (TPSA) is 148 Å². The number of aromatic amines is 1. The number of benzene rings is 1. The summed E-state index contributed by atoms with van der Waals surface area (Å²) >= 11 is 0. The molecule has 1 aromatic carbocycles. The molecule has 0 bridgehead atoms. The van der Waals surface area contributed by atoms with E-state index in [9.17, 15) is 16.8 Å². The molecule has 0 unspecified atom stereocenters. The number of hydrogen-bond donors (Lipinski definition) is 3. The Morgan fingerprint density at radius 3 is 2.15 bits per heavy atom. The van der Waals surface area contributed by atoms with Crippen molar-refractivity contribution in [3.05, 3.63) is 47.7 Å². The van der Waals surface area contributed by atoms with Gasteiger partial charge >= 0.3 is 0 Å². The summed E-state index contributed by atoms with van der Waals surface area (Å²) in [5.74, 6) is 1.37. The number of anilines is 1. The first-order valence-electron chi connectivity index (χ1n) is 7.35. The molecule has 0 saturated heterocycles. The average Bonchev–Trinajstić information content (AvgIpc) is 3.13. The van der Waals surface area contributed by atoms with E-state index in [4.69, 9.17) is 9.56 Å². The largest absolute Gasteiger partial charge is 0.460 e. The average molecular weight is 396 g/mol. The van der Waals surface area contributed by atoms with Gasteiger partial charge in [0, 0.05) is 5.56 Å². The Morgan fingerprint density at radius 1 is 1.00 bits per heavy atom. The number of sulfonamides is 2. The highest BCUT2D eigenvalue weighted by Crippen LogP contribution is 2.28. The van der Waals surface area contributed by atoms with E-state index in [1.807, 2.05) is 0 Å². The Bertz CT molecular complexity index is 1160. The predicted octanol–water partition coefficient (Wildman–Crippen LogP) is 1.73. The molecule has 3 aromatic rings. The van der Waals surface area contributed by atoms with Gasteiger partial charge in [0.2, 0.25) is 10.0 Å². The Balaban J connectivity index is 1.90. The van der Waals surface area contributed by atoms with Crippen molar-refractivity contribution >= 4 is 25.9 Å². The number of rotatable bonds is 5. The lowest BCUT2D eigenvalue weighted by atomic mass is 10.2. The summed E-state index contributed by atoms with van der Waals surface area (Å²) in [4.78, 5) is -0.300. The maximum atomic E-state index is 12.5. The molecule has 0 spiro atoms. The van der Waals surface area contributed by atoms with Crippen LogP contribution in [-0.4, -0.2) is 27.0 Å². The van der Waals surface area contributed by atoms with Gasteiger partial charge in [-0.2, -0.15) is 5.10 Å². The van der Waals surface area contributed by atoms with Crippen LogP contribution in [0.1, 0.15) is 11.3 Å². The molecule has 11 heteroatoms. The summed E-state index contributed by atoms with van der Waals surface area (Å²) in [6.07, 6.45) is 0. The van der Waals surface area contributed by atoms with Crippen LogP contribution in [0.3, 0.4) is 0 Å². The number of nitrogens with two attached hydrogens (primary N) is 1. The van der Waals surface area contributed by atoms with E-state index in [-0.39, 0.29) is 15.6 Å². The lowest BCUT2D eigenvalue weighted by Gasteiger charge is -2.07. The summed E-state index contributed by atoms with van der Waals surface area (Å²) in [5.41, 5.74) is 1.12. The van der Waals surface area contributed by atoms with Crippen molar-refractivity contribution in [2.75, 3.05) is 4.72 Å². The third kappa shape index (κ3) is 3.49. The molecule has 0 aliphatic heterocycles. The number of H-pyrrole nitrogens is 1. The van der Waals surface area contributed by atoms with E-state index in [0.29, 0.717) is 22.8 Å². The van der Waals surface area contributed by atoms with Crippen LogP contribution in [0, 0.1) is 13.8 Å². The van der Waals surface area contributed by atoms with Crippen molar-refractivity contribution in [3.63, 3.8) is 0 Å². The summed E-state index contributed by atoms with van der Waals surface area (Å²) < 4.78 is 55.4. The van der Waals surface area contributed by atoms with E-state index >= 15 is 0 Å². The Labute approximate surface area is 150 Å². The van der Waals surface area contributed by atoms with Crippen LogP contribution in [0.2, 0.25) is 0 Å². The highest BCUT2D eigenvalue weighted by atomic mass is 32.2. The van der Waals surface area contributed by atoms with Crippen LogP contribution in [0.4, 0.5) is 5.82 Å². The fourth-order valence-electron chi connectivity index (χ4n) is 2.30. The summed E-state index contributed by atoms with van der Waals surface area (Å²) in [5, 5.41) is 11.7. The Morgan fingerprint density at radius 2 is 1.62 bits per heavy atom. The Kier molecular flexibility index (Phi) is 4.38. The monoisotopic (exact) mass is 396 g/mol. The first-order chi connectivity index (χ1) is 12.1. The van der Waals surface area contributed by atoms with Gasteiger partial charge in [0.25, 0.3) is 10.0 Å². The van der Waals surface area contributed by atoms with E-state index in [1.165, 1.54) is 0 Å². The van der Waals surface area contributed by atoms with Crippen molar-refractivity contribution < 1.29 is 21.3 Å². The van der Waals surface area contributed by atoms with Gasteiger partial charge in [0.15, 0.2) is 11.6 Å². The molecule has 0 saturated carbocycles. The zero-order chi connectivity index (χ0) is 19.1. The van der Waals surface area contributed by atoms with Crippen molar-refractivity contribution in [1.29, 1.82) is 0 Å². The number of nitrogens with one attached hydrogen (secondary N) is 2. The second kappa shape index (κ2) is 6.27. The quantitative estimate of drug-likeness (QED) is 0.598. The highest BCUT2D eigenvalue weighted by molar-refractivity contribution is 7.92. The van der Waals surface area contributed by atoms with Gasteiger partial charge in [0.1, 0.15) is 11.5 Å². The maximum absolute atomic E-state index is 12.5. The van der Waals surface area contributed by atoms with Crippen LogP contribution in [0.15, 0.2) is 50.6 Å². The number of furan rings is 1. The molecular formula is C15H16N4O5S2. The predicted molar refractivity (Wildman–Crippen MR) is 94.4 cm³/mol. The molecule has 138 valence electrons. The first-order valence-corrected chi connectivity index (χ1v) is 10.4. The highest BCUT2D eigenvalue weighted by Gasteiger charge is 2.21. The van der Waals surface area contributed by atoms with Crippen LogP contribution in [0.5, 0.6) is 0 Å². The fraction of sp³-hybridized carbons (Fsp3) is 0.133. The molecular weight excluding hydrogens is 380 g/mol. The second-order valence-corrected chi connectivity index (χ2v) is 8.85. The van der Waals surface area contributed by atoms with Gasteiger partial charge in [-0.15, -0.1) is 0 Å². The number of aromatic nitrogens is 2. The number of nitrogens with zero attached hydrogens (tertiary/aromatic N) is 1. The van der Waals surface area contributed by atoms with Crippen molar-refractivity contribution in [1.82, 2.24) is 10.2 Å². The summed E-state index contributed by atoms with van der Waals surface area (Å²) in [6, 6.07) is 8.09. The van der Waals surface area contributed by atoms with Crippen LogP contribution < -0.4 is 9.86 Å². The third-order valence-corrected chi connectivity index (χ3v) is 5.97. The second-order valence-electron chi connectivity index (χ2n) is 5.60. The third-order valence-electron chi connectivity index (χ3n) is 3.69. The minimum Gasteiger partial charge on any atom is -0.460 e. The summed E-state index contributed by atoms with van der Waals surface area (Å²) in [7, 11) is -7.86. The van der Waals surface area contributed by atoms with E-state index in [0.717, 1.165) is 24.3 Å². The SMILES string of the molecule is Cc1ccc(-c2[nH]nc(NS(=O)(=O)c3ccc(S(N)(=O)=O)cc3)c2C)o1. The molecule has 0 amide bonds. The van der Waals surface area contributed by atoms with E-state index in [2.05, 4.69) is 14.9 Å².